The molecule has 1 heterocycles. The lowest BCUT2D eigenvalue weighted by atomic mass is 10.0. The first-order valence-electron chi connectivity index (χ1n) is 16.2. The van der Waals surface area contributed by atoms with Crippen molar-refractivity contribution in [2.24, 2.45) is 0 Å². The van der Waals surface area contributed by atoms with Crippen LogP contribution in [0.4, 0.5) is 0 Å². The van der Waals surface area contributed by atoms with Crippen molar-refractivity contribution in [2.75, 3.05) is 26.3 Å². The van der Waals surface area contributed by atoms with Gasteiger partial charge in [-0.25, -0.2) is 0 Å². The second kappa shape index (κ2) is 17.6. The summed E-state index contributed by atoms with van der Waals surface area (Å²) in [6, 6.07) is 31.6. The molecule has 254 valence electrons. The van der Waals surface area contributed by atoms with Crippen molar-refractivity contribution in [1.29, 1.82) is 0 Å². The number of benzene rings is 4. The van der Waals surface area contributed by atoms with E-state index in [4.69, 9.17) is 21.1 Å². The average Bonchev–Trinajstić information content (AvgIpc) is 3.11. The Kier molecular flexibility index (Phi) is 12.7. The van der Waals surface area contributed by atoms with Crippen LogP contribution in [0.5, 0.6) is 11.5 Å². The molecule has 9 nitrogen and oxygen atoms in total. The smallest absolute Gasteiger partial charge is 0.307 e. The number of carbonyl (C=O) groups is 2. The molecule has 0 spiro atoms. The van der Waals surface area contributed by atoms with E-state index >= 15 is 0 Å². The van der Waals surface area contributed by atoms with E-state index in [2.05, 4.69) is 15.2 Å². The third kappa shape index (κ3) is 9.87. The van der Waals surface area contributed by atoms with Crippen LogP contribution in [0.25, 0.3) is 10.9 Å². The van der Waals surface area contributed by atoms with Crippen LogP contribution in [-0.4, -0.2) is 64.3 Å². The Hall–Kier alpha value is -4.80. The Morgan fingerprint density at radius 2 is 1.71 bits per heavy atom. The zero-order chi connectivity index (χ0) is 34.6. The van der Waals surface area contributed by atoms with Crippen LogP contribution in [0.1, 0.15) is 46.5 Å². The molecule has 2 atom stereocenters. The molecule has 0 radical (unpaired) electrons. The van der Waals surface area contributed by atoms with Gasteiger partial charge in [0.05, 0.1) is 36.8 Å². The molecule has 1 aromatic heterocycles. The zero-order valence-corrected chi connectivity index (χ0v) is 28.1. The van der Waals surface area contributed by atoms with Crippen LogP contribution in [-0.2, 0) is 22.5 Å². The van der Waals surface area contributed by atoms with Gasteiger partial charge in [-0.2, -0.15) is 0 Å². The van der Waals surface area contributed by atoms with Crippen LogP contribution in [0.3, 0.4) is 0 Å². The number of aliphatic hydroxyl groups excluding tert-OH is 2. The summed E-state index contributed by atoms with van der Waals surface area (Å²) in [7, 11) is 0. The standard InChI is InChI=1S/C39H40ClN3O6/c1-2-48-37(46)19-21-42-39(47)34-13-7-12-33-36(18-20-41-38(33)34)49-32-16-14-27(15-17-32)22-31(26-44)43(24-28-8-4-3-5-9-28)25-35(45)29-10-6-11-30(40)23-29/h3-18,20,23,31,35,44-45H,2,19,21-22,24-26H2,1H3,(H,42,47)/t31-,35-/m0/s1. The summed E-state index contributed by atoms with van der Waals surface area (Å²) in [6.45, 7) is 2.93. The van der Waals surface area contributed by atoms with Gasteiger partial charge in [-0.1, -0.05) is 72.3 Å². The number of hydrogen-bond donors (Lipinski definition) is 3. The molecule has 10 heteroatoms. The lowest BCUT2D eigenvalue weighted by molar-refractivity contribution is -0.142. The second-order valence-electron chi connectivity index (χ2n) is 11.6. The Bertz CT molecular complexity index is 1840. The molecule has 5 rings (SSSR count). The van der Waals surface area contributed by atoms with E-state index < -0.39 is 6.10 Å². The number of aliphatic hydroxyl groups is 2. The topological polar surface area (TPSA) is 121 Å². The number of nitrogens with zero attached hydrogens (tertiary/aromatic N) is 2. The van der Waals surface area contributed by atoms with E-state index in [-0.39, 0.29) is 37.5 Å². The minimum Gasteiger partial charge on any atom is -0.466 e. The number of pyridine rings is 1. The first kappa shape index (κ1) is 35.5. The van der Waals surface area contributed by atoms with Crippen LogP contribution in [0.2, 0.25) is 5.02 Å². The highest BCUT2D eigenvalue weighted by Gasteiger charge is 2.23. The fourth-order valence-electron chi connectivity index (χ4n) is 5.63. The molecule has 0 unspecified atom stereocenters. The number of aromatic nitrogens is 1. The number of halogens is 1. The number of ether oxygens (including phenoxy) is 2. The molecule has 3 N–H and O–H groups in total. The van der Waals surface area contributed by atoms with Gasteiger partial charge >= 0.3 is 5.97 Å². The number of fused-ring (bicyclic) bond motifs is 1. The molecular formula is C39H40ClN3O6. The maximum Gasteiger partial charge on any atom is 0.307 e. The fraction of sp³-hybridized carbons (Fsp3) is 0.256. The van der Waals surface area contributed by atoms with Crippen molar-refractivity contribution in [2.45, 2.75) is 38.5 Å². The molecule has 5 aromatic rings. The molecular weight excluding hydrogens is 642 g/mol. The van der Waals surface area contributed by atoms with E-state index in [1.54, 1.807) is 43.5 Å². The first-order chi connectivity index (χ1) is 23.8. The molecule has 0 bridgehead atoms. The van der Waals surface area contributed by atoms with E-state index in [1.165, 1.54) is 0 Å². The lowest BCUT2D eigenvalue weighted by Crippen LogP contribution is -2.41. The molecule has 4 aromatic carbocycles. The number of para-hydroxylation sites is 1. The summed E-state index contributed by atoms with van der Waals surface area (Å²) >= 11 is 6.19. The van der Waals surface area contributed by atoms with Gasteiger partial charge in [-0.05, 0) is 72.5 Å². The molecule has 0 saturated heterocycles. The second-order valence-corrected chi connectivity index (χ2v) is 12.0. The van der Waals surface area contributed by atoms with Gasteiger partial charge in [0.15, 0.2) is 0 Å². The molecule has 0 aliphatic rings. The third-order valence-electron chi connectivity index (χ3n) is 8.11. The maximum absolute atomic E-state index is 12.9. The normalized spacial score (nSPS) is 12.4. The highest BCUT2D eigenvalue weighted by atomic mass is 35.5. The SMILES string of the molecule is CCOC(=O)CCNC(=O)c1cccc2c(Oc3ccc(C[C@@H](CO)N(Cc4ccccc4)C[C@H](O)c4cccc(Cl)c4)cc3)ccnc12. The summed E-state index contributed by atoms with van der Waals surface area (Å²) in [5, 5.41) is 25.7. The van der Waals surface area contributed by atoms with Gasteiger partial charge in [0.1, 0.15) is 11.5 Å². The summed E-state index contributed by atoms with van der Waals surface area (Å²) in [6.07, 6.45) is 1.42. The van der Waals surface area contributed by atoms with E-state index in [0.29, 0.717) is 64.7 Å². The molecule has 0 saturated carbocycles. The number of rotatable bonds is 16. The monoisotopic (exact) mass is 681 g/mol. The van der Waals surface area contributed by atoms with E-state index in [9.17, 15) is 19.8 Å². The lowest BCUT2D eigenvalue weighted by Gasteiger charge is -2.32. The van der Waals surface area contributed by atoms with Gasteiger partial charge in [0.2, 0.25) is 0 Å². The van der Waals surface area contributed by atoms with Gasteiger partial charge in [-0.3, -0.25) is 19.5 Å². The maximum atomic E-state index is 12.9. The third-order valence-corrected chi connectivity index (χ3v) is 8.35. The molecule has 0 fully saturated rings. The van der Waals surface area contributed by atoms with Crippen LogP contribution < -0.4 is 10.1 Å². The van der Waals surface area contributed by atoms with Crippen LogP contribution in [0, 0.1) is 0 Å². The summed E-state index contributed by atoms with van der Waals surface area (Å²) in [5.74, 6) is 0.420. The van der Waals surface area contributed by atoms with Crippen molar-refractivity contribution < 1.29 is 29.3 Å². The van der Waals surface area contributed by atoms with Crippen LogP contribution >= 0.6 is 11.6 Å². The molecule has 0 aliphatic heterocycles. The van der Waals surface area contributed by atoms with E-state index in [0.717, 1.165) is 11.1 Å². The molecule has 49 heavy (non-hydrogen) atoms. The van der Waals surface area contributed by atoms with Crippen molar-refractivity contribution in [3.05, 3.63) is 137 Å². The Labute approximate surface area is 291 Å². The first-order valence-corrected chi connectivity index (χ1v) is 16.6. The van der Waals surface area contributed by atoms with Crippen LogP contribution in [0.15, 0.2) is 109 Å². The minimum atomic E-state index is -0.793. The van der Waals surface area contributed by atoms with E-state index in [1.807, 2.05) is 72.8 Å². The highest BCUT2D eigenvalue weighted by molar-refractivity contribution is 6.30. The molecule has 0 aliphatic carbocycles. The van der Waals surface area contributed by atoms with Gasteiger partial charge < -0.3 is 25.0 Å². The summed E-state index contributed by atoms with van der Waals surface area (Å²) in [5.41, 5.74) is 3.63. The number of esters is 1. The fourth-order valence-corrected chi connectivity index (χ4v) is 5.83. The minimum absolute atomic E-state index is 0.0806. The van der Waals surface area contributed by atoms with Gasteiger partial charge in [0.25, 0.3) is 5.91 Å². The highest BCUT2D eigenvalue weighted by Crippen LogP contribution is 2.31. The predicted octanol–water partition coefficient (Wildman–Crippen LogP) is 6.50. The van der Waals surface area contributed by atoms with Crippen molar-refractivity contribution >= 4 is 34.4 Å². The van der Waals surface area contributed by atoms with Crippen molar-refractivity contribution in [3.8, 4) is 11.5 Å². The quantitative estimate of drug-likeness (QED) is 0.101. The predicted molar refractivity (Wildman–Crippen MR) is 190 cm³/mol. The van der Waals surface area contributed by atoms with Crippen molar-refractivity contribution in [1.82, 2.24) is 15.2 Å². The Morgan fingerprint density at radius 3 is 2.45 bits per heavy atom. The van der Waals surface area contributed by atoms with Gasteiger partial charge in [0, 0.05) is 42.3 Å². The van der Waals surface area contributed by atoms with Crippen molar-refractivity contribution in [3.63, 3.8) is 0 Å². The average molecular weight is 682 g/mol. The number of nitrogens with one attached hydrogen (secondary N) is 1. The Morgan fingerprint density at radius 1 is 0.939 bits per heavy atom. The summed E-state index contributed by atoms with van der Waals surface area (Å²) < 4.78 is 11.2. The number of hydrogen-bond acceptors (Lipinski definition) is 8. The van der Waals surface area contributed by atoms with Gasteiger partial charge in [-0.15, -0.1) is 0 Å². The zero-order valence-electron chi connectivity index (χ0n) is 27.3. The largest absolute Gasteiger partial charge is 0.466 e. The Balaban J connectivity index is 1.28. The number of carbonyl (C=O) groups excluding carboxylic acids is 2. The summed E-state index contributed by atoms with van der Waals surface area (Å²) in [4.78, 5) is 31.1. The number of amides is 1. The molecule has 1 amide bonds.